The molecule has 1 aliphatic carbocycles. The third-order valence-electron chi connectivity index (χ3n) is 3.72. The van der Waals surface area contributed by atoms with Gasteiger partial charge in [0.05, 0.1) is 6.54 Å². The zero-order valence-electron chi connectivity index (χ0n) is 9.95. The van der Waals surface area contributed by atoms with Crippen LogP contribution in [-0.4, -0.2) is 42.5 Å². The van der Waals surface area contributed by atoms with Gasteiger partial charge in [0.15, 0.2) is 0 Å². The number of rotatable bonds is 3. The van der Waals surface area contributed by atoms with E-state index in [1.165, 1.54) is 19.3 Å². The largest absolute Gasteiger partial charge is 0.342 e. The van der Waals surface area contributed by atoms with Crippen LogP contribution in [0.2, 0.25) is 0 Å². The van der Waals surface area contributed by atoms with E-state index in [2.05, 4.69) is 5.32 Å². The molecule has 0 spiro atoms. The molecule has 1 saturated carbocycles. The first kappa shape index (κ1) is 11.9. The maximum absolute atomic E-state index is 11.9. The van der Waals surface area contributed by atoms with Gasteiger partial charge in [-0.15, -0.1) is 0 Å². The smallest absolute Gasteiger partial charge is 0.236 e. The SMILES string of the molecule is NC1CCC(NCC(=O)N2CCCCC2)C1. The average molecular weight is 225 g/mol. The second kappa shape index (κ2) is 5.64. The Hall–Kier alpha value is -0.610. The van der Waals surface area contributed by atoms with Crippen LogP contribution in [0, 0.1) is 0 Å². The van der Waals surface area contributed by atoms with Crippen molar-refractivity contribution in [2.45, 2.75) is 50.6 Å². The highest BCUT2D eigenvalue weighted by molar-refractivity contribution is 5.78. The number of hydrogen-bond donors (Lipinski definition) is 2. The van der Waals surface area contributed by atoms with E-state index in [-0.39, 0.29) is 5.91 Å². The van der Waals surface area contributed by atoms with Crippen LogP contribution in [0.15, 0.2) is 0 Å². The summed E-state index contributed by atoms with van der Waals surface area (Å²) >= 11 is 0. The fourth-order valence-corrected chi connectivity index (χ4v) is 2.69. The van der Waals surface area contributed by atoms with Crippen molar-refractivity contribution in [2.75, 3.05) is 19.6 Å². The number of carbonyl (C=O) groups is 1. The number of carbonyl (C=O) groups excluding carboxylic acids is 1. The molecular formula is C12H23N3O. The van der Waals surface area contributed by atoms with Crippen molar-refractivity contribution in [2.24, 2.45) is 5.73 Å². The van der Waals surface area contributed by atoms with Gasteiger partial charge in [-0.3, -0.25) is 4.79 Å². The Morgan fingerprint density at radius 2 is 2.00 bits per heavy atom. The van der Waals surface area contributed by atoms with E-state index in [9.17, 15) is 4.79 Å². The van der Waals surface area contributed by atoms with Crippen molar-refractivity contribution in [1.82, 2.24) is 10.2 Å². The molecule has 1 aliphatic heterocycles. The molecule has 2 rings (SSSR count). The number of amides is 1. The van der Waals surface area contributed by atoms with Gasteiger partial charge in [0.1, 0.15) is 0 Å². The molecule has 2 atom stereocenters. The molecule has 0 aromatic heterocycles. The van der Waals surface area contributed by atoms with Crippen molar-refractivity contribution < 1.29 is 4.79 Å². The van der Waals surface area contributed by atoms with Crippen LogP contribution in [0.25, 0.3) is 0 Å². The third-order valence-corrected chi connectivity index (χ3v) is 3.72. The summed E-state index contributed by atoms with van der Waals surface area (Å²) < 4.78 is 0. The molecule has 0 aromatic rings. The predicted octanol–water partition coefficient (Wildman–Crippen LogP) is 0.468. The van der Waals surface area contributed by atoms with Crippen LogP contribution >= 0.6 is 0 Å². The molecule has 0 bridgehead atoms. The van der Waals surface area contributed by atoms with E-state index in [1.54, 1.807) is 0 Å². The van der Waals surface area contributed by atoms with Gasteiger partial charge in [0.2, 0.25) is 5.91 Å². The normalized spacial score (nSPS) is 30.7. The Morgan fingerprint density at radius 1 is 1.25 bits per heavy atom. The van der Waals surface area contributed by atoms with E-state index in [0.29, 0.717) is 18.6 Å². The summed E-state index contributed by atoms with van der Waals surface area (Å²) in [7, 11) is 0. The number of hydrogen-bond acceptors (Lipinski definition) is 3. The summed E-state index contributed by atoms with van der Waals surface area (Å²) in [5.41, 5.74) is 5.84. The summed E-state index contributed by atoms with van der Waals surface area (Å²) in [6.45, 7) is 2.40. The molecule has 2 unspecified atom stereocenters. The molecule has 1 heterocycles. The van der Waals surface area contributed by atoms with Gasteiger partial charge in [-0.1, -0.05) is 0 Å². The summed E-state index contributed by atoms with van der Waals surface area (Å²) in [4.78, 5) is 13.9. The molecule has 1 amide bonds. The number of nitrogens with one attached hydrogen (secondary N) is 1. The van der Waals surface area contributed by atoms with Crippen LogP contribution < -0.4 is 11.1 Å². The van der Waals surface area contributed by atoms with Crippen molar-refractivity contribution in [3.05, 3.63) is 0 Å². The molecule has 0 aromatic carbocycles. The molecule has 0 radical (unpaired) electrons. The summed E-state index contributed by atoms with van der Waals surface area (Å²) in [5.74, 6) is 0.264. The lowest BCUT2D eigenvalue weighted by atomic mass is 10.1. The highest BCUT2D eigenvalue weighted by Gasteiger charge is 2.23. The Kier molecular flexibility index (Phi) is 4.18. The zero-order valence-corrected chi connectivity index (χ0v) is 9.95. The van der Waals surface area contributed by atoms with E-state index in [0.717, 1.165) is 32.4 Å². The summed E-state index contributed by atoms with van der Waals surface area (Å²) in [5, 5.41) is 3.34. The Labute approximate surface area is 97.6 Å². The van der Waals surface area contributed by atoms with Crippen molar-refractivity contribution in [3.63, 3.8) is 0 Å². The molecular weight excluding hydrogens is 202 g/mol. The molecule has 2 aliphatic rings. The second-order valence-corrected chi connectivity index (χ2v) is 5.09. The first-order chi connectivity index (χ1) is 7.75. The van der Waals surface area contributed by atoms with Gasteiger partial charge < -0.3 is 16.0 Å². The number of nitrogens with two attached hydrogens (primary N) is 1. The zero-order chi connectivity index (χ0) is 11.4. The van der Waals surface area contributed by atoms with Crippen molar-refractivity contribution in [3.8, 4) is 0 Å². The first-order valence-corrected chi connectivity index (χ1v) is 6.52. The number of piperidine rings is 1. The van der Waals surface area contributed by atoms with Crippen LogP contribution in [-0.2, 0) is 4.79 Å². The molecule has 1 saturated heterocycles. The minimum absolute atomic E-state index is 0.264. The lowest BCUT2D eigenvalue weighted by molar-refractivity contribution is -0.131. The first-order valence-electron chi connectivity index (χ1n) is 6.52. The second-order valence-electron chi connectivity index (χ2n) is 5.09. The quantitative estimate of drug-likeness (QED) is 0.734. The molecule has 4 heteroatoms. The lowest BCUT2D eigenvalue weighted by Crippen LogP contribution is -2.43. The fraction of sp³-hybridized carbons (Fsp3) is 0.917. The van der Waals surface area contributed by atoms with Gasteiger partial charge in [-0.05, 0) is 38.5 Å². The fourth-order valence-electron chi connectivity index (χ4n) is 2.69. The van der Waals surface area contributed by atoms with Crippen LogP contribution in [0.1, 0.15) is 38.5 Å². The Morgan fingerprint density at radius 3 is 2.62 bits per heavy atom. The highest BCUT2D eigenvalue weighted by atomic mass is 16.2. The molecule has 2 fully saturated rings. The topological polar surface area (TPSA) is 58.4 Å². The maximum atomic E-state index is 11.9. The van der Waals surface area contributed by atoms with E-state index in [4.69, 9.17) is 5.73 Å². The standard InChI is InChI=1S/C12H23N3O/c13-10-4-5-11(8-10)14-9-12(16)15-6-2-1-3-7-15/h10-11,14H,1-9,13H2. The van der Waals surface area contributed by atoms with Crippen LogP contribution in [0.3, 0.4) is 0 Å². The Balaban J connectivity index is 1.66. The lowest BCUT2D eigenvalue weighted by Gasteiger charge is -2.27. The minimum Gasteiger partial charge on any atom is -0.342 e. The Bertz CT molecular complexity index is 238. The van der Waals surface area contributed by atoms with Gasteiger partial charge in [0.25, 0.3) is 0 Å². The van der Waals surface area contributed by atoms with Crippen molar-refractivity contribution in [1.29, 1.82) is 0 Å². The van der Waals surface area contributed by atoms with Crippen LogP contribution in [0.5, 0.6) is 0 Å². The third kappa shape index (κ3) is 3.19. The predicted molar refractivity (Wildman–Crippen MR) is 64.0 cm³/mol. The molecule has 16 heavy (non-hydrogen) atoms. The van der Waals surface area contributed by atoms with Gasteiger partial charge >= 0.3 is 0 Å². The number of nitrogens with zero attached hydrogens (tertiary/aromatic N) is 1. The maximum Gasteiger partial charge on any atom is 0.236 e. The summed E-state index contributed by atoms with van der Waals surface area (Å²) in [6, 6.07) is 0.798. The monoisotopic (exact) mass is 225 g/mol. The highest BCUT2D eigenvalue weighted by Crippen LogP contribution is 2.17. The molecule has 92 valence electrons. The average Bonchev–Trinajstić information content (AvgIpc) is 2.73. The van der Waals surface area contributed by atoms with E-state index in [1.807, 2.05) is 4.90 Å². The summed E-state index contributed by atoms with van der Waals surface area (Å²) in [6.07, 6.45) is 6.84. The van der Waals surface area contributed by atoms with Crippen molar-refractivity contribution >= 4 is 5.91 Å². The molecule has 4 nitrogen and oxygen atoms in total. The van der Waals surface area contributed by atoms with E-state index >= 15 is 0 Å². The number of likely N-dealkylation sites (tertiary alicyclic amines) is 1. The van der Waals surface area contributed by atoms with E-state index < -0.39 is 0 Å². The minimum atomic E-state index is 0.264. The van der Waals surface area contributed by atoms with Gasteiger partial charge in [-0.2, -0.15) is 0 Å². The van der Waals surface area contributed by atoms with Gasteiger partial charge in [-0.25, -0.2) is 0 Å². The van der Waals surface area contributed by atoms with Crippen LogP contribution in [0.4, 0.5) is 0 Å². The molecule has 3 N–H and O–H groups in total. The van der Waals surface area contributed by atoms with Gasteiger partial charge in [0, 0.05) is 25.2 Å².